The second-order valence-corrected chi connectivity index (χ2v) is 8.12. The van der Waals surface area contributed by atoms with Crippen molar-refractivity contribution in [3.8, 4) is 22.6 Å². The Hall–Kier alpha value is -3.36. The van der Waals surface area contributed by atoms with Crippen molar-refractivity contribution in [2.75, 3.05) is 0 Å². The number of sulfonamides is 1. The standard InChI is InChI=1S/C22H16F2N2O3S/c23-16-10-6-11-17(24)20(16)22-21(15-9-4-5-12-18(15)30(25,27)28)26-19(29-22)13-14-7-2-1-3-8-14/h1-12H,13H2,(H2,25,27,28). The average molecular weight is 426 g/mol. The molecule has 0 fully saturated rings. The fraction of sp³-hybridized carbons (Fsp3) is 0.0455. The van der Waals surface area contributed by atoms with Crippen molar-refractivity contribution in [3.63, 3.8) is 0 Å². The van der Waals surface area contributed by atoms with Crippen molar-refractivity contribution in [2.45, 2.75) is 11.3 Å². The Morgan fingerprint density at radius 2 is 1.50 bits per heavy atom. The number of aromatic nitrogens is 1. The number of primary sulfonamides is 1. The first-order valence-electron chi connectivity index (χ1n) is 8.95. The van der Waals surface area contributed by atoms with Crippen LogP contribution in [-0.4, -0.2) is 13.4 Å². The number of rotatable bonds is 5. The van der Waals surface area contributed by atoms with E-state index in [1.807, 2.05) is 30.3 Å². The van der Waals surface area contributed by atoms with Gasteiger partial charge in [-0.05, 0) is 23.8 Å². The fourth-order valence-corrected chi connectivity index (χ4v) is 3.93. The third kappa shape index (κ3) is 3.87. The van der Waals surface area contributed by atoms with Gasteiger partial charge in [0, 0.05) is 12.0 Å². The van der Waals surface area contributed by atoms with E-state index in [-0.39, 0.29) is 34.2 Å². The van der Waals surface area contributed by atoms with Crippen molar-refractivity contribution < 1.29 is 21.6 Å². The quantitative estimate of drug-likeness (QED) is 0.508. The average Bonchev–Trinajstić information content (AvgIpc) is 3.11. The first-order chi connectivity index (χ1) is 14.3. The summed E-state index contributed by atoms with van der Waals surface area (Å²) in [4.78, 5) is 4.17. The number of oxazole rings is 1. The SMILES string of the molecule is NS(=O)(=O)c1ccccc1-c1nc(Cc2ccccc2)oc1-c1c(F)cccc1F. The van der Waals surface area contributed by atoms with Crippen LogP contribution in [0.25, 0.3) is 22.6 Å². The molecule has 1 heterocycles. The van der Waals surface area contributed by atoms with Gasteiger partial charge >= 0.3 is 0 Å². The molecular formula is C22H16F2N2O3S. The summed E-state index contributed by atoms with van der Waals surface area (Å²) in [5, 5.41) is 5.34. The molecule has 0 amide bonds. The molecule has 0 spiro atoms. The number of benzene rings is 3. The lowest BCUT2D eigenvalue weighted by Gasteiger charge is -2.08. The molecule has 0 unspecified atom stereocenters. The van der Waals surface area contributed by atoms with E-state index in [2.05, 4.69) is 4.98 Å². The summed E-state index contributed by atoms with van der Waals surface area (Å²) < 4.78 is 59.0. The highest BCUT2D eigenvalue weighted by molar-refractivity contribution is 7.89. The van der Waals surface area contributed by atoms with E-state index < -0.39 is 27.2 Å². The van der Waals surface area contributed by atoms with Gasteiger partial charge in [-0.25, -0.2) is 27.3 Å². The monoisotopic (exact) mass is 426 g/mol. The molecule has 2 N–H and O–H groups in total. The molecule has 0 bridgehead atoms. The summed E-state index contributed by atoms with van der Waals surface area (Å²) in [7, 11) is -4.12. The van der Waals surface area contributed by atoms with Gasteiger partial charge in [0.1, 0.15) is 17.3 Å². The van der Waals surface area contributed by atoms with Crippen LogP contribution >= 0.6 is 0 Å². The van der Waals surface area contributed by atoms with Crippen molar-refractivity contribution in [2.24, 2.45) is 5.14 Å². The first-order valence-corrected chi connectivity index (χ1v) is 10.5. The van der Waals surface area contributed by atoms with Gasteiger partial charge in [0.15, 0.2) is 11.7 Å². The Morgan fingerprint density at radius 1 is 0.867 bits per heavy atom. The van der Waals surface area contributed by atoms with E-state index in [1.165, 1.54) is 24.3 Å². The summed E-state index contributed by atoms with van der Waals surface area (Å²) in [5.41, 5.74) is 0.532. The zero-order chi connectivity index (χ0) is 21.3. The van der Waals surface area contributed by atoms with Crippen LogP contribution in [0, 0.1) is 11.6 Å². The van der Waals surface area contributed by atoms with Crippen LogP contribution < -0.4 is 5.14 Å². The molecule has 8 heteroatoms. The Morgan fingerprint density at radius 3 is 2.17 bits per heavy atom. The summed E-state index contributed by atoms with van der Waals surface area (Å²) in [6.45, 7) is 0. The molecule has 1 aromatic heterocycles. The predicted molar refractivity (Wildman–Crippen MR) is 108 cm³/mol. The molecule has 5 nitrogen and oxygen atoms in total. The highest BCUT2D eigenvalue weighted by Crippen LogP contribution is 2.38. The van der Waals surface area contributed by atoms with Gasteiger partial charge in [-0.15, -0.1) is 0 Å². The molecule has 0 saturated carbocycles. The topological polar surface area (TPSA) is 86.2 Å². The minimum Gasteiger partial charge on any atom is -0.439 e. The molecule has 0 aliphatic heterocycles. The molecule has 0 radical (unpaired) electrons. The van der Waals surface area contributed by atoms with Crippen molar-refractivity contribution in [3.05, 3.63) is 95.9 Å². The second kappa shape index (κ2) is 7.81. The van der Waals surface area contributed by atoms with Crippen LogP contribution in [0.4, 0.5) is 8.78 Å². The largest absolute Gasteiger partial charge is 0.439 e. The van der Waals surface area contributed by atoms with Gasteiger partial charge in [0.2, 0.25) is 10.0 Å². The van der Waals surface area contributed by atoms with Crippen LogP contribution in [0.15, 0.2) is 82.1 Å². The highest BCUT2D eigenvalue weighted by Gasteiger charge is 2.26. The minimum atomic E-state index is -4.12. The fourth-order valence-electron chi connectivity index (χ4n) is 3.19. The van der Waals surface area contributed by atoms with Crippen molar-refractivity contribution >= 4 is 10.0 Å². The Labute approximate surface area is 171 Å². The maximum absolute atomic E-state index is 14.5. The van der Waals surface area contributed by atoms with E-state index in [0.29, 0.717) is 0 Å². The third-order valence-electron chi connectivity index (χ3n) is 4.51. The number of hydrogen-bond acceptors (Lipinski definition) is 4. The molecule has 0 saturated heterocycles. The zero-order valence-electron chi connectivity index (χ0n) is 15.5. The zero-order valence-corrected chi connectivity index (χ0v) is 16.4. The molecule has 0 aliphatic rings. The van der Waals surface area contributed by atoms with Crippen LogP contribution in [0.5, 0.6) is 0 Å². The van der Waals surface area contributed by atoms with E-state index >= 15 is 0 Å². The van der Waals surface area contributed by atoms with E-state index in [0.717, 1.165) is 17.7 Å². The summed E-state index contributed by atoms with van der Waals surface area (Å²) in [5.74, 6) is -1.73. The van der Waals surface area contributed by atoms with Gasteiger partial charge < -0.3 is 4.42 Å². The molecule has 152 valence electrons. The summed E-state index contributed by atoms with van der Waals surface area (Å²) >= 11 is 0. The van der Waals surface area contributed by atoms with Crippen LogP contribution in [0.3, 0.4) is 0 Å². The Bertz CT molecular complexity index is 1300. The second-order valence-electron chi connectivity index (χ2n) is 6.59. The number of hydrogen-bond donors (Lipinski definition) is 1. The molecule has 30 heavy (non-hydrogen) atoms. The van der Waals surface area contributed by atoms with Gasteiger partial charge in [-0.1, -0.05) is 54.6 Å². The smallest absolute Gasteiger partial charge is 0.238 e. The number of nitrogens with zero attached hydrogens (tertiary/aromatic N) is 1. The van der Waals surface area contributed by atoms with Crippen LogP contribution in [-0.2, 0) is 16.4 Å². The Kier molecular flexibility index (Phi) is 5.19. The van der Waals surface area contributed by atoms with Crippen molar-refractivity contribution in [1.29, 1.82) is 0 Å². The lowest BCUT2D eigenvalue weighted by molar-refractivity contribution is 0.506. The molecular weight excluding hydrogens is 410 g/mol. The molecule has 4 aromatic rings. The number of halogens is 2. The predicted octanol–water partition coefficient (Wildman–Crippen LogP) is 4.53. The van der Waals surface area contributed by atoms with Gasteiger partial charge in [-0.3, -0.25) is 0 Å². The summed E-state index contributed by atoms with van der Waals surface area (Å²) in [6.07, 6.45) is 0.251. The number of nitrogens with two attached hydrogens (primary N) is 1. The lowest BCUT2D eigenvalue weighted by atomic mass is 10.0. The van der Waals surface area contributed by atoms with Gasteiger partial charge in [-0.2, -0.15) is 0 Å². The molecule has 3 aromatic carbocycles. The third-order valence-corrected chi connectivity index (χ3v) is 5.48. The van der Waals surface area contributed by atoms with Gasteiger partial charge in [0.25, 0.3) is 0 Å². The lowest BCUT2D eigenvalue weighted by Crippen LogP contribution is -2.13. The minimum absolute atomic E-state index is 0.00504. The van der Waals surface area contributed by atoms with E-state index in [1.54, 1.807) is 6.07 Å². The Balaban J connectivity index is 1.96. The maximum atomic E-state index is 14.5. The maximum Gasteiger partial charge on any atom is 0.238 e. The first kappa shape index (κ1) is 19.9. The normalized spacial score (nSPS) is 11.6. The van der Waals surface area contributed by atoms with Crippen LogP contribution in [0.1, 0.15) is 11.5 Å². The van der Waals surface area contributed by atoms with E-state index in [9.17, 15) is 17.2 Å². The molecule has 4 rings (SSSR count). The summed E-state index contributed by atoms with van der Waals surface area (Å²) in [6, 6.07) is 18.5. The van der Waals surface area contributed by atoms with E-state index in [4.69, 9.17) is 9.56 Å². The van der Waals surface area contributed by atoms with Crippen LogP contribution in [0.2, 0.25) is 0 Å². The highest BCUT2D eigenvalue weighted by atomic mass is 32.2. The molecule has 0 aliphatic carbocycles. The molecule has 0 atom stereocenters. The van der Waals surface area contributed by atoms with Gasteiger partial charge in [0.05, 0.1) is 10.5 Å². The van der Waals surface area contributed by atoms with Crippen molar-refractivity contribution in [1.82, 2.24) is 4.98 Å².